The molecule has 0 saturated heterocycles. The monoisotopic (exact) mass is 272 g/mol. The van der Waals surface area contributed by atoms with Gasteiger partial charge in [0.2, 0.25) is 0 Å². The summed E-state index contributed by atoms with van der Waals surface area (Å²) in [7, 11) is 1.69. The number of nitrogens with one attached hydrogen (secondary N) is 1. The fourth-order valence-electron chi connectivity index (χ4n) is 1.37. The third kappa shape index (κ3) is 3.02. The molecule has 0 spiro atoms. The first-order chi connectivity index (χ1) is 7.06. The molecule has 15 heavy (non-hydrogen) atoms. The third-order valence-electron chi connectivity index (χ3n) is 2.18. The average Bonchev–Trinajstić information content (AvgIpc) is 2.21. The van der Waals surface area contributed by atoms with Gasteiger partial charge in [0, 0.05) is 4.47 Å². The van der Waals surface area contributed by atoms with Crippen molar-refractivity contribution in [3.05, 3.63) is 34.3 Å². The van der Waals surface area contributed by atoms with Crippen LogP contribution in [0.4, 0.5) is 0 Å². The van der Waals surface area contributed by atoms with Crippen LogP contribution in [-0.4, -0.2) is 24.2 Å². The summed E-state index contributed by atoms with van der Waals surface area (Å²) in [5.74, 6) is -1.02. The Bertz CT molecular complexity index is 340. The van der Waals surface area contributed by atoms with Gasteiger partial charge in [0.1, 0.15) is 6.04 Å². The number of carboxylic acids is 1. The van der Waals surface area contributed by atoms with Crippen LogP contribution < -0.4 is 11.1 Å². The average molecular weight is 273 g/mol. The molecular formula is C10H13BrN2O2. The van der Waals surface area contributed by atoms with Crippen LogP contribution in [0.5, 0.6) is 0 Å². The van der Waals surface area contributed by atoms with Gasteiger partial charge in [0.15, 0.2) is 0 Å². The molecule has 0 aliphatic heterocycles. The number of nitrogens with two attached hydrogens (primary N) is 1. The maximum Gasteiger partial charge on any atom is 0.322 e. The molecule has 1 aromatic rings. The predicted molar refractivity (Wildman–Crippen MR) is 61.6 cm³/mol. The number of carbonyl (C=O) groups is 1. The van der Waals surface area contributed by atoms with Crippen LogP contribution in [0.15, 0.2) is 28.7 Å². The second-order valence-corrected chi connectivity index (χ2v) is 4.10. The van der Waals surface area contributed by atoms with Gasteiger partial charge in [-0.15, -0.1) is 0 Å². The highest BCUT2D eigenvalue weighted by molar-refractivity contribution is 9.10. The van der Waals surface area contributed by atoms with Crippen LogP contribution in [0.25, 0.3) is 0 Å². The van der Waals surface area contributed by atoms with Crippen molar-refractivity contribution in [2.75, 3.05) is 7.05 Å². The third-order valence-corrected chi connectivity index (χ3v) is 2.71. The van der Waals surface area contributed by atoms with Gasteiger partial charge < -0.3 is 16.2 Å². The summed E-state index contributed by atoms with van der Waals surface area (Å²) in [6.07, 6.45) is 0. The zero-order valence-corrected chi connectivity index (χ0v) is 9.86. The summed E-state index contributed by atoms with van der Waals surface area (Å²) in [6.45, 7) is 0. The zero-order chi connectivity index (χ0) is 11.4. The van der Waals surface area contributed by atoms with Gasteiger partial charge in [-0.3, -0.25) is 4.79 Å². The Hall–Kier alpha value is -0.910. The molecule has 2 atom stereocenters. The molecule has 0 aliphatic carbocycles. The molecule has 2 unspecified atom stereocenters. The van der Waals surface area contributed by atoms with E-state index in [-0.39, 0.29) is 6.04 Å². The van der Waals surface area contributed by atoms with Gasteiger partial charge in [-0.1, -0.05) is 28.1 Å². The first-order valence-electron chi connectivity index (χ1n) is 4.47. The highest BCUT2D eigenvalue weighted by Gasteiger charge is 2.23. The molecular weight excluding hydrogens is 260 g/mol. The Labute approximate surface area is 96.6 Å². The number of benzene rings is 1. The Morgan fingerprint density at radius 1 is 1.47 bits per heavy atom. The van der Waals surface area contributed by atoms with Crippen LogP contribution >= 0.6 is 15.9 Å². The molecule has 0 aliphatic rings. The lowest BCUT2D eigenvalue weighted by Gasteiger charge is -2.20. The fourth-order valence-corrected chi connectivity index (χ4v) is 1.63. The molecule has 0 fully saturated rings. The second kappa shape index (κ2) is 5.25. The SMILES string of the molecule is CNC(c1ccc(Br)cc1)C(N)C(=O)O. The molecule has 5 heteroatoms. The topological polar surface area (TPSA) is 75.3 Å². The standard InChI is InChI=1S/C10H13BrN2O2/c1-13-9(8(12)10(14)15)6-2-4-7(11)5-3-6/h2-5,8-9,13H,12H2,1H3,(H,14,15). The maximum atomic E-state index is 10.8. The van der Waals surface area contributed by atoms with Gasteiger partial charge in [0.25, 0.3) is 0 Å². The second-order valence-electron chi connectivity index (χ2n) is 3.18. The molecule has 0 amide bonds. The summed E-state index contributed by atoms with van der Waals surface area (Å²) >= 11 is 3.31. The molecule has 0 saturated carbocycles. The lowest BCUT2D eigenvalue weighted by molar-refractivity contribution is -0.139. The minimum atomic E-state index is -1.02. The smallest absolute Gasteiger partial charge is 0.322 e. The largest absolute Gasteiger partial charge is 0.480 e. The number of rotatable bonds is 4. The van der Waals surface area contributed by atoms with Crippen LogP contribution in [0.1, 0.15) is 11.6 Å². The Morgan fingerprint density at radius 2 is 2.00 bits per heavy atom. The molecule has 0 aromatic heterocycles. The summed E-state index contributed by atoms with van der Waals surface area (Å²) < 4.78 is 0.949. The Kier molecular flexibility index (Phi) is 4.26. The number of likely N-dealkylation sites (N-methyl/N-ethyl adjacent to an activating group) is 1. The molecule has 4 N–H and O–H groups in total. The predicted octanol–water partition coefficient (Wildman–Crippen LogP) is 1.12. The number of hydrogen-bond acceptors (Lipinski definition) is 3. The number of hydrogen-bond donors (Lipinski definition) is 3. The van der Waals surface area contributed by atoms with E-state index in [2.05, 4.69) is 21.2 Å². The van der Waals surface area contributed by atoms with Crippen molar-refractivity contribution < 1.29 is 9.90 Å². The van der Waals surface area contributed by atoms with E-state index < -0.39 is 12.0 Å². The number of halogens is 1. The minimum Gasteiger partial charge on any atom is -0.480 e. The van der Waals surface area contributed by atoms with Gasteiger partial charge in [0.05, 0.1) is 6.04 Å². The first-order valence-corrected chi connectivity index (χ1v) is 5.26. The number of aliphatic carboxylic acids is 1. The van der Waals surface area contributed by atoms with Crippen molar-refractivity contribution >= 4 is 21.9 Å². The highest BCUT2D eigenvalue weighted by atomic mass is 79.9. The number of carboxylic acid groups (broad SMARTS) is 1. The van der Waals surface area contributed by atoms with Gasteiger partial charge in [-0.2, -0.15) is 0 Å². The van der Waals surface area contributed by atoms with Crippen molar-refractivity contribution in [1.29, 1.82) is 0 Å². The van der Waals surface area contributed by atoms with E-state index >= 15 is 0 Å². The molecule has 4 nitrogen and oxygen atoms in total. The van der Waals surface area contributed by atoms with E-state index in [1.807, 2.05) is 24.3 Å². The lowest BCUT2D eigenvalue weighted by Crippen LogP contribution is -2.42. The van der Waals surface area contributed by atoms with Gasteiger partial charge >= 0.3 is 5.97 Å². The fraction of sp³-hybridized carbons (Fsp3) is 0.300. The Balaban J connectivity index is 2.92. The first kappa shape index (κ1) is 12.2. The van der Waals surface area contributed by atoms with E-state index in [1.165, 1.54) is 0 Å². The van der Waals surface area contributed by atoms with E-state index in [4.69, 9.17) is 10.8 Å². The van der Waals surface area contributed by atoms with Gasteiger partial charge in [-0.25, -0.2) is 0 Å². The van der Waals surface area contributed by atoms with E-state index in [9.17, 15) is 4.79 Å². The molecule has 82 valence electrons. The summed E-state index contributed by atoms with van der Waals surface area (Å²) in [5.41, 5.74) is 6.42. The van der Waals surface area contributed by atoms with Gasteiger partial charge in [-0.05, 0) is 24.7 Å². The minimum absolute atomic E-state index is 0.379. The van der Waals surface area contributed by atoms with E-state index in [1.54, 1.807) is 7.05 Å². The lowest BCUT2D eigenvalue weighted by atomic mass is 10.0. The Morgan fingerprint density at radius 3 is 2.40 bits per heavy atom. The zero-order valence-electron chi connectivity index (χ0n) is 8.27. The maximum absolute atomic E-state index is 10.8. The molecule has 1 rings (SSSR count). The van der Waals surface area contributed by atoms with Crippen LogP contribution in [0, 0.1) is 0 Å². The van der Waals surface area contributed by atoms with Crippen LogP contribution in [0.2, 0.25) is 0 Å². The summed E-state index contributed by atoms with van der Waals surface area (Å²) in [4.78, 5) is 10.8. The molecule has 0 bridgehead atoms. The van der Waals surface area contributed by atoms with Crippen molar-refractivity contribution in [3.63, 3.8) is 0 Å². The van der Waals surface area contributed by atoms with Crippen molar-refractivity contribution in [2.24, 2.45) is 5.73 Å². The van der Waals surface area contributed by atoms with Crippen molar-refractivity contribution in [2.45, 2.75) is 12.1 Å². The van der Waals surface area contributed by atoms with Crippen molar-refractivity contribution in [3.8, 4) is 0 Å². The normalized spacial score (nSPS) is 14.6. The quantitative estimate of drug-likeness (QED) is 0.768. The van der Waals surface area contributed by atoms with E-state index in [0.717, 1.165) is 10.0 Å². The molecule has 1 aromatic carbocycles. The highest BCUT2D eigenvalue weighted by Crippen LogP contribution is 2.18. The van der Waals surface area contributed by atoms with Crippen LogP contribution in [-0.2, 0) is 4.79 Å². The molecule has 0 radical (unpaired) electrons. The van der Waals surface area contributed by atoms with E-state index in [0.29, 0.717) is 0 Å². The summed E-state index contributed by atoms with van der Waals surface area (Å²) in [6, 6.07) is 6.07. The van der Waals surface area contributed by atoms with Crippen LogP contribution in [0.3, 0.4) is 0 Å². The molecule has 0 heterocycles. The summed E-state index contributed by atoms with van der Waals surface area (Å²) in [5, 5.41) is 11.7. The van der Waals surface area contributed by atoms with Crippen molar-refractivity contribution in [1.82, 2.24) is 5.32 Å².